The van der Waals surface area contributed by atoms with Crippen LogP contribution in [0.5, 0.6) is 0 Å². The average Bonchev–Trinajstić information content (AvgIpc) is 2.85. The van der Waals surface area contributed by atoms with E-state index in [1.54, 1.807) is 0 Å². The lowest BCUT2D eigenvalue weighted by molar-refractivity contribution is 0.0267. The van der Waals surface area contributed by atoms with E-state index in [1.807, 2.05) is 6.20 Å². The molecule has 0 radical (unpaired) electrons. The molecule has 2 saturated carbocycles. The summed E-state index contributed by atoms with van der Waals surface area (Å²) in [5, 5.41) is 14.2. The number of thioether (sulfide) groups is 1. The maximum Gasteiger partial charge on any atom is 0.227 e. The van der Waals surface area contributed by atoms with E-state index in [2.05, 4.69) is 72.9 Å². The van der Waals surface area contributed by atoms with Gasteiger partial charge in [-0.2, -0.15) is 0 Å². The van der Waals surface area contributed by atoms with E-state index in [-0.39, 0.29) is 6.10 Å². The van der Waals surface area contributed by atoms with Crippen LogP contribution in [0.2, 0.25) is 0 Å². The zero-order valence-corrected chi connectivity index (χ0v) is 23.4. The Kier molecular flexibility index (Phi) is 7.95. The highest BCUT2D eigenvalue weighted by atomic mass is 32.2. The summed E-state index contributed by atoms with van der Waals surface area (Å²) in [5.74, 6) is 1.11. The number of aryl methyl sites for hydroxylation is 2. The molecule has 3 fully saturated rings. The first-order chi connectivity index (χ1) is 17.3. The number of piperidine rings is 1. The standard InChI is InChI=1S/C30H44N4OS/c1-5-22-19-31-29(33-28(22)23-6-8-24(35)9-7-23)32-27-11-10-25(16-21(27)4)36-26-17-30(18-26)12-14-34(15-13-30)20(2)3/h10-11,16,19-20,23-24,26,35H,5-9,12-15,17-18H2,1-4H3,(H,31,32,33). The summed E-state index contributed by atoms with van der Waals surface area (Å²) in [6.07, 6.45) is 12.1. The van der Waals surface area contributed by atoms with Crippen LogP contribution in [0.1, 0.15) is 94.9 Å². The van der Waals surface area contributed by atoms with Gasteiger partial charge in [-0.25, -0.2) is 9.97 Å². The van der Waals surface area contributed by atoms with Gasteiger partial charge in [0, 0.05) is 34.0 Å². The molecule has 2 N–H and O–H groups in total. The van der Waals surface area contributed by atoms with E-state index in [4.69, 9.17) is 4.98 Å². The van der Waals surface area contributed by atoms with Crippen molar-refractivity contribution in [3.05, 3.63) is 41.2 Å². The lowest BCUT2D eigenvalue weighted by Gasteiger charge is -2.52. The highest BCUT2D eigenvalue weighted by Crippen LogP contribution is 2.55. The third kappa shape index (κ3) is 5.76. The van der Waals surface area contributed by atoms with Gasteiger partial charge in [0.05, 0.1) is 11.8 Å². The third-order valence-electron chi connectivity index (χ3n) is 9.02. The van der Waals surface area contributed by atoms with E-state index >= 15 is 0 Å². The highest BCUT2D eigenvalue weighted by Gasteiger charge is 2.46. The Morgan fingerprint density at radius 1 is 1.14 bits per heavy atom. The van der Waals surface area contributed by atoms with Crippen molar-refractivity contribution < 1.29 is 5.11 Å². The van der Waals surface area contributed by atoms with Crippen molar-refractivity contribution >= 4 is 23.4 Å². The molecule has 2 aliphatic carbocycles. The van der Waals surface area contributed by atoms with Crippen molar-refractivity contribution in [2.24, 2.45) is 5.41 Å². The SMILES string of the molecule is CCc1cnc(Nc2ccc(SC3CC4(CCN(C(C)C)CC4)C3)cc2C)nc1C1CCC(O)CC1. The Balaban J connectivity index is 1.19. The molecule has 1 spiro atoms. The fourth-order valence-corrected chi connectivity index (χ4v) is 8.18. The molecule has 1 aromatic heterocycles. The van der Waals surface area contributed by atoms with Gasteiger partial charge in [0.15, 0.2) is 0 Å². The van der Waals surface area contributed by atoms with Crippen LogP contribution in [0, 0.1) is 12.3 Å². The first kappa shape index (κ1) is 26.0. The Labute approximate surface area is 221 Å². The van der Waals surface area contributed by atoms with Crippen molar-refractivity contribution in [2.75, 3.05) is 18.4 Å². The van der Waals surface area contributed by atoms with Crippen molar-refractivity contribution in [2.45, 2.75) is 114 Å². The smallest absolute Gasteiger partial charge is 0.227 e. The summed E-state index contributed by atoms with van der Waals surface area (Å²) < 4.78 is 0. The van der Waals surface area contributed by atoms with Crippen molar-refractivity contribution in [3.8, 4) is 0 Å². The quantitative estimate of drug-likeness (QED) is 0.426. The maximum atomic E-state index is 9.92. The molecule has 5 nitrogen and oxygen atoms in total. The van der Waals surface area contributed by atoms with E-state index < -0.39 is 0 Å². The molecule has 0 atom stereocenters. The van der Waals surface area contributed by atoms with Crippen LogP contribution in [0.25, 0.3) is 0 Å². The maximum absolute atomic E-state index is 9.92. The number of anilines is 2. The summed E-state index contributed by atoms with van der Waals surface area (Å²) in [5.41, 5.74) is 5.35. The predicted octanol–water partition coefficient (Wildman–Crippen LogP) is 6.85. The molecular formula is C30H44N4OS. The number of aliphatic hydroxyl groups is 1. The molecule has 0 bridgehead atoms. The highest BCUT2D eigenvalue weighted by molar-refractivity contribution is 8.00. The Morgan fingerprint density at radius 2 is 1.86 bits per heavy atom. The number of nitrogens with zero attached hydrogens (tertiary/aromatic N) is 3. The van der Waals surface area contributed by atoms with E-state index in [9.17, 15) is 5.11 Å². The van der Waals surface area contributed by atoms with Crippen LogP contribution < -0.4 is 5.32 Å². The molecule has 0 amide bonds. The fraction of sp³-hybridized carbons (Fsp3) is 0.667. The summed E-state index contributed by atoms with van der Waals surface area (Å²) in [6, 6.07) is 7.46. The first-order valence-corrected chi connectivity index (χ1v) is 15.0. The van der Waals surface area contributed by atoms with Gasteiger partial charge in [0.1, 0.15) is 0 Å². The lowest BCUT2D eigenvalue weighted by Crippen LogP contribution is -2.49. The number of hydrogen-bond donors (Lipinski definition) is 2. The van der Waals surface area contributed by atoms with E-state index in [0.717, 1.165) is 43.0 Å². The van der Waals surface area contributed by atoms with Crippen LogP contribution in [-0.4, -0.2) is 50.5 Å². The molecule has 1 saturated heterocycles. The molecule has 2 heterocycles. The summed E-state index contributed by atoms with van der Waals surface area (Å²) in [4.78, 5) is 13.6. The van der Waals surface area contributed by atoms with Crippen LogP contribution >= 0.6 is 11.8 Å². The average molecular weight is 509 g/mol. The minimum absolute atomic E-state index is 0.145. The molecule has 6 heteroatoms. The summed E-state index contributed by atoms with van der Waals surface area (Å²) in [6.45, 7) is 11.6. The van der Waals surface area contributed by atoms with Gasteiger partial charge in [-0.1, -0.05) is 6.92 Å². The Morgan fingerprint density at radius 3 is 2.50 bits per heavy atom. The van der Waals surface area contributed by atoms with Gasteiger partial charge >= 0.3 is 0 Å². The lowest BCUT2D eigenvalue weighted by atomic mass is 9.63. The van der Waals surface area contributed by atoms with Gasteiger partial charge in [-0.05, 0) is 126 Å². The molecule has 1 aliphatic heterocycles. The normalized spacial score (nSPS) is 24.7. The van der Waals surface area contributed by atoms with Crippen LogP contribution in [0.4, 0.5) is 11.6 Å². The molecule has 0 unspecified atom stereocenters. The zero-order chi connectivity index (χ0) is 25.3. The second kappa shape index (κ2) is 11.0. The van der Waals surface area contributed by atoms with Crippen molar-refractivity contribution in [3.63, 3.8) is 0 Å². The predicted molar refractivity (Wildman–Crippen MR) is 150 cm³/mol. The molecule has 3 aliphatic rings. The minimum atomic E-state index is -0.145. The van der Waals surface area contributed by atoms with Crippen LogP contribution in [0.3, 0.4) is 0 Å². The minimum Gasteiger partial charge on any atom is -0.393 e. The summed E-state index contributed by atoms with van der Waals surface area (Å²) in [7, 11) is 0. The second-order valence-corrected chi connectivity index (χ2v) is 13.2. The van der Waals surface area contributed by atoms with E-state index in [1.165, 1.54) is 60.5 Å². The number of hydrogen-bond acceptors (Lipinski definition) is 6. The monoisotopic (exact) mass is 508 g/mol. The molecular weight excluding hydrogens is 464 g/mol. The van der Waals surface area contributed by atoms with Crippen molar-refractivity contribution in [1.29, 1.82) is 0 Å². The zero-order valence-electron chi connectivity index (χ0n) is 22.6. The van der Waals surface area contributed by atoms with Crippen LogP contribution in [0.15, 0.2) is 29.3 Å². The summed E-state index contributed by atoms with van der Waals surface area (Å²) >= 11 is 2.07. The Hall–Kier alpha value is -1.63. The fourth-order valence-electron chi connectivity index (χ4n) is 6.53. The van der Waals surface area contributed by atoms with Crippen LogP contribution in [-0.2, 0) is 6.42 Å². The van der Waals surface area contributed by atoms with Gasteiger partial charge in [-0.3, -0.25) is 0 Å². The largest absolute Gasteiger partial charge is 0.393 e. The molecule has 36 heavy (non-hydrogen) atoms. The van der Waals surface area contributed by atoms with Gasteiger partial charge in [-0.15, -0.1) is 11.8 Å². The second-order valence-electron chi connectivity index (χ2n) is 11.8. The molecule has 2 aromatic rings. The van der Waals surface area contributed by atoms with Gasteiger partial charge in [0.2, 0.25) is 5.95 Å². The van der Waals surface area contributed by atoms with Gasteiger partial charge < -0.3 is 15.3 Å². The number of nitrogens with one attached hydrogen (secondary N) is 1. The molecule has 1 aromatic carbocycles. The number of benzene rings is 1. The Bertz CT molecular complexity index is 1030. The van der Waals surface area contributed by atoms with Gasteiger partial charge in [0.25, 0.3) is 0 Å². The third-order valence-corrected chi connectivity index (χ3v) is 10.2. The number of rotatable bonds is 7. The number of aromatic nitrogens is 2. The topological polar surface area (TPSA) is 61.3 Å². The van der Waals surface area contributed by atoms with E-state index in [0.29, 0.717) is 23.3 Å². The number of likely N-dealkylation sites (tertiary alicyclic amines) is 1. The first-order valence-electron chi connectivity index (χ1n) is 14.2. The van der Waals surface area contributed by atoms with Crippen molar-refractivity contribution in [1.82, 2.24) is 14.9 Å². The number of aliphatic hydroxyl groups excluding tert-OH is 1. The molecule has 5 rings (SSSR count). The molecule has 196 valence electrons.